The van der Waals surface area contributed by atoms with Gasteiger partial charge in [-0.2, -0.15) is 0 Å². The average Bonchev–Trinajstić information content (AvgIpc) is 2.27. The van der Waals surface area contributed by atoms with Gasteiger partial charge in [-0.1, -0.05) is 19.9 Å². The van der Waals surface area contributed by atoms with E-state index in [0.29, 0.717) is 5.88 Å². The van der Waals surface area contributed by atoms with E-state index in [1.807, 2.05) is 0 Å². The molecule has 1 aliphatic rings. The fourth-order valence-corrected chi connectivity index (χ4v) is 3.20. The first kappa shape index (κ1) is 12.8. The molecule has 0 radical (unpaired) electrons. The van der Waals surface area contributed by atoms with Gasteiger partial charge in [0.25, 0.3) is 0 Å². The van der Waals surface area contributed by atoms with E-state index >= 15 is 0 Å². The fourth-order valence-electron chi connectivity index (χ4n) is 2.90. The van der Waals surface area contributed by atoms with E-state index in [1.165, 1.54) is 36.3 Å². The fraction of sp³-hybridized carbons (Fsp3) is 0.600. The molecule has 0 saturated carbocycles. The van der Waals surface area contributed by atoms with Gasteiger partial charge in [0.2, 0.25) is 0 Å². The lowest BCUT2D eigenvalue weighted by Gasteiger charge is -2.37. The number of aryl methyl sites for hydroxylation is 1. The summed E-state index contributed by atoms with van der Waals surface area (Å²) in [5, 5.41) is 0. The van der Waals surface area contributed by atoms with Gasteiger partial charge in [-0.15, -0.1) is 11.6 Å². The molecule has 17 heavy (non-hydrogen) atoms. The normalized spacial score (nSPS) is 25.1. The molecule has 1 saturated heterocycles. The first-order chi connectivity index (χ1) is 8.10. The van der Waals surface area contributed by atoms with E-state index in [4.69, 9.17) is 11.6 Å². The van der Waals surface area contributed by atoms with E-state index < -0.39 is 0 Å². The average molecular weight is 252 g/mol. The Morgan fingerprint density at radius 1 is 1.24 bits per heavy atom. The van der Waals surface area contributed by atoms with Gasteiger partial charge in [-0.3, -0.25) is 0 Å². The van der Waals surface area contributed by atoms with E-state index in [1.54, 1.807) is 0 Å². The van der Waals surface area contributed by atoms with E-state index in [2.05, 4.69) is 43.9 Å². The number of anilines is 1. The molecule has 1 aromatic carbocycles. The van der Waals surface area contributed by atoms with Crippen LogP contribution in [0.4, 0.5) is 5.69 Å². The van der Waals surface area contributed by atoms with Crippen LogP contribution in [0.1, 0.15) is 31.4 Å². The van der Waals surface area contributed by atoms with Gasteiger partial charge in [-0.25, -0.2) is 0 Å². The van der Waals surface area contributed by atoms with Crippen molar-refractivity contribution in [3.63, 3.8) is 0 Å². The maximum absolute atomic E-state index is 5.90. The minimum Gasteiger partial charge on any atom is -0.371 e. The number of hydrogen-bond donors (Lipinski definition) is 0. The van der Waals surface area contributed by atoms with E-state index in [-0.39, 0.29) is 0 Å². The highest BCUT2D eigenvalue weighted by atomic mass is 35.5. The summed E-state index contributed by atoms with van der Waals surface area (Å²) in [7, 11) is 0. The largest absolute Gasteiger partial charge is 0.371 e. The van der Waals surface area contributed by atoms with Crippen LogP contribution in [-0.4, -0.2) is 13.1 Å². The van der Waals surface area contributed by atoms with Gasteiger partial charge >= 0.3 is 0 Å². The molecule has 0 aromatic heterocycles. The SMILES string of the molecule is Cc1cc(N2CC(C)CC(C)C2)ccc1CCl. The summed E-state index contributed by atoms with van der Waals surface area (Å²) in [5.41, 5.74) is 3.91. The van der Waals surface area contributed by atoms with Gasteiger partial charge in [0, 0.05) is 24.7 Å². The smallest absolute Gasteiger partial charge is 0.0476 e. The standard InChI is InChI=1S/C15H22ClN/c1-11-6-12(2)10-17(9-11)15-5-4-14(8-16)13(3)7-15/h4-5,7,11-12H,6,8-10H2,1-3H3. The summed E-state index contributed by atoms with van der Waals surface area (Å²) in [6, 6.07) is 6.67. The minimum atomic E-state index is 0.610. The minimum absolute atomic E-state index is 0.610. The quantitative estimate of drug-likeness (QED) is 0.712. The van der Waals surface area contributed by atoms with Crippen LogP contribution in [0.25, 0.3) is 0 Å². The summed E-state index contributed by atoms with van der Waals surface area (Å²) in [6.07, 6.45) is 1.36. The molecule has 2 heteroatoms. The molecule has 0 amide bonds. The Kier molecular flexibility index (Phi) is 3.98. The van der Waals surface area contributed by atoms with Gasteiger partial charge in [0.05, 0.1) is 0 Å². The third kappa shape index (κ3) is 2.95. The molecule has 1 heterocycles. The molecule has 2 atom stereocenters. The highest BCUT2D eigenvalue weighted by Gasteiger charge is 2.22. The lowest BCUT2D eigenvalue weighted by Crippen LogP contribution is -2.38. The predicted molar refractivity (Wildman–Crippen MR) is 75.9 cm³/mol. The molecule has 2 unspecified atom stereocenters. The Morgan fingerprint density at radius 2 is 1.88 bits per heavy atom. The number of benzene rings is 1. The van der Waals surface area contributed by atoms with Gasteiger partial charge in [-0.05, 0) is 48.4 Å². The van der Waals surface area contributed by atoms with E-state index in [0.717, 1.165) is 11.8 Å². The summed E-state index contributed by atoms with van der Waals surface area (Å²) in [5.74, 6) is 2.21. The zero-order valence-electron chi connectivity index (χ0n) is 11.0. The highest BCUT2D eigenvalue weighted by molar-refractivity contribution is 6.17. The van der Waals surface area contributed by atoms with Crippen LogP contribution in [0.3, 0.4) is 0 Å². The molecular formula is C15H22ClN. The van der Waals surface area contributed by atoms with Gasteiger partial charge in [0.15, 0.2) is 0 Å². The molecule has 94 valence electrons. The van der Waals surface area contributed by atoms with Crippen molar-refractivity contribution < 1.29 is 0 Å². The van der Waals surface area contributed by atoms with Crippen molar-refractivity contribution in [3.05, 3.63) is 29.3 Å². The maximum Gasteiger partial charge on any atom is 0.0476 e. The predicted octanol–water partition coefficient (Wildman–Crippen LogP) is 4.22. The molecule has 2 rings (SSSR count). The molecule has 0 spiro atoms. The van der Waals surface area contributed by atoms with Crippen molar-refractivity contribution in [2.45, 2.75) is 33.1 Å². The molecule has 1 nitrogen and oxygen atoms in total. The van der Waals surface area contributed by atoms with Crippen molar-refractivity contribution in [3.8, 4) is 0 Å². The van der Waals surface area contributed by atoms with Crippen molar-refractivity contribution in [1.29, 1.82) is 0 Å². The number of hydrogen-bond acceptors (Lipinski definition) is 1. The van der Waals surface area contributed by atoms with Crippen LogP contribution >= 0.6 is 11.6 Å². The molecule has 1 fully saturated rings. The van der Waals surface area contributed by atoms with Crippen LogP contribution in [0.5, 0.6) is 0 Å². The lowest BCUT2D eigenvalue weighted by atomic mass is 9.91. The Bertz CT molecular complexity index is 379. The first-order valence-electron chi connectivity index (χ1n) is 6.50. The van der Waals surface area contributed by atoms with E-state index in [9.17, 15) is 0 Å². The number of nitrogens with zero attached hydrogens (tertiary/aromatic N) is 1. The van der Waals surface area contributed by atoms with Crippen LogP contribution < -0.4 is 4.90 Å². The third-order valence-corrected chi connectivity index (χ3v) is 3.99. The molecule has 0 bridgehead atoms. The summed E-state index contributed by atoms with van der Waals surface area (Å²) in [6.45, 7) is 9.22. The van der Waals surface area contributed by atoms with Gasteiger partial charge in [0.1, 0.15) is 0 Å². The molecule has 0 N–H and O–H groups in total. The highest BCUT2D eigenvalue weighted by Crippen LogP contribution is 2.27. The summed E-state index contributed by atoms with van der Waals surface area (Å²) >= 11 is 5.90. The molecular weight excluding hydrogens is 230 g/mol. The van der Waals surface area contributed by atoms with Crippen LogP contribution in [-0.2, 0) is 5.88 Å². The third-order valence-electron chi connectivity index (χ3n) is 3.70. The van der Waals surface area contributed by atoms with Crippen molar-refractivity contribution in [2.24, 2.45) is 11.8 Å². The van der Waals surface area contributed by atoms with Crippen LogP contribution in [0.2, 0.25) is 0 Å². The number of alkyl halides is 1. The monoisotopic (exact) mass is 251 g/mol. The zero-order valence-corrected chi connectivity index (χ0v) is 11.8. The van der Waals surface area contributed by atoms with Crippen molar-refractivity contribution >= 4 is 17.3 Å². The van der Waals surface area contributed by atoms with Crippen molar-refractivity contribution in [2.75, 3.05) is 18.0 Å². The first-order valence-corrected chi connectivity index (χ1v) is 7.04. The van der Waals surface area contributed by atoms with Gasteiger partial charge < -0.3 is 4.90 Å². The molecule has 1 aromatic rings. The number of piperidine rings is 1. The Hall–Kier alpha value is -0.690. The lowest BCUT2D eigenvalue weighted by molar-refractivity contribution is 0.357. The zero-order chi connectivity index (χ0) is 12.4. The Balaban J connectivity index is 2.19. The molecule has 0 aliphatic carbocycles. The Labute approximate surface area is 110 Å². The maximum atomic E-state index is 5.90. The Morgan fingerprint density at radius 3 is 2.41 bits per heavy atom. The second kappa shape index (κ2) is 5.30. The topological polar surface area (TPSA) is 3.24 Å². The summed E-state index contributed by atoms with van der Waals surface area (Å²) in [4.78, 5) is 2.52. The molecule has 1 aliphatic heterocycles. The number of halogens is 1. The number of rotatable bonds is 2. The summed E-state index contributed by atoms with van der Waals surface area (Å²) < 4.78 is 0. The van der Waals surface area contributed by atoms with Crippen LogP contribution in [0.15, 0.2) is 18.2 Å². The second-order valence-electron chi connectivity index (χ2n) is 5.60. The second-order valence-corrected chi connectivity index (χ2v) is 5.86. The van der Waals surface area contributed by atoms with Crippen LogP contribution in [0, 0.1) is 18.8 Å². The van der Waals surface area contributed by atoms with Crippen molar-refractivity contribution in [1.82, 2.24) is 0 Å².